The molecule has 0 aromatic heterocycles. The van der Waals surface area contributed by atoms with Crippen LogP contribution in [-0.4, -0.2) is 13.4 Å². The van der Waals surface area contributed by atoms with E-state index in [9.17, 15) is 0 Å². The zero-order valence-corrected chi connectivity index (χ0v) is 10.6. The number of halogens is 4. The Kier molecular flexibility index (Phi) is 5.82. The van der Waals surface area contributed by atoms with Gasteiger partial charge in [0.1, 0.15) is 0 Å². The summed E-state index contributed by atoms with van der Waals surface area (Å²) in [5.41, 5.74) is 0. The van der Waals surface area contributed by atoms with E-state index in [1.807, 2.05) is 0 Å². The third-order valence-corrected chi connectivity index (χ3v) is 5.84. The second-order valence-corrected chi connectivity index (χ2v) is 7.16. The normalized spacial score (nSPS) is 18.8. The molecule has 0 fully saturated rings. The van der Waals surface area contributed by atoms with Gasteiger partial charge >= 0.3 is 0 Å². The summed E-state index contributed by atoms with van der Waals surface area (Å²) in [7, 11) is 0. The number of hydrogen-bond donors (Lipinski definition) is 0. The second kappa shape index (κ2) is 4.69. The van der Waals surface area contributed by atoms with Gasteiger partial charge in [-0.3, -0.25) is 0 Å². The van der Waals surface area contributed by atoms with Gasteiger partial charge in [-0.15, -0.1) is 0 Å². The summed E-state index contributed by atoms with van der Waals surface area (Å²) in [5, 5.41) is 0. The van der Waals surface area contributed by atoms with Crippen LogP contribution in [0.25, 0.3) is 0 Å². The van der Waals surface area contributed by atoms with Crippen molar-refractivity contribution in [3.05, 3.63) is 0 Å². The molecule has 0 rings (SSSR count). The van der Waals surface area contributed by atoms with Crippen LogP contribution < -0.4 is 0 Å². The zero-order valence-electron chi connectivity index (χ0n) is 4.24. The molecule has 0 N–H and O–H groups in total. The first kappa shape index (κ1) is 9.92. The predicted molar refractivity (Wildman–Crippen MR) is 52.7 cm³/mol. The Hall–Kier alpha value is 1.92. The Labute approximate surface area is 83.3 Å². The van der Waals surface area contributed by atoms with E-state index in [1.165, 1.54) is 0 Å². The fourth-order valence-corrected chi connectivity index (χ4v) is 2.24. The highest BCUT2D eigenvalue weighted by molar-refractivity contribution is 9.25. The van der Waals surface area contributed by atoms with Crippen LogP contribution in [0.1, 0.15) is 6.92 Å². The monoisotopic (exact) mass is 370 g/mol. The minimum atomic E-state index is 0.337. The highest BCUT2D eigenvalue weighted by atomic mass is 79.9. The van der Waals surface area contributed by atoms with Crippen LogP contribution in [0.4, 0.5) is 0 Å². The Morgan fingerprint density at radius 2 is 1.38 bits per heavy atom. The van der Waals surface area contributed by atoms with Gasteiger partial charge < -0.3 is 0 Å². The molecule has 50 valence electrons. The largest absolute Gasteiger partial charge is 0.0881 e. The third kappa shape index (κ3) is 3.85. The van der Waals surface area contributed by atoms with E-state index in [0.29, 0.717) is 13.4 Å². The maximum atomic E-state index is 3.47. The fraction of sp³-hybridized carbons (Fsp3) is 1.00. The van der Waals surface area contributed by atoms with E-state index < -0.39 is 0 Å². The van der Waals surface area contributed by atoms with Crippen LogP contribution in [0.2, 0.25) is 0 Å². The maximum Gasteiger partial charge on any atom is 0.0833 e. The summed E-state index contributed by atoms with van der Waals surface area (Å²) >= 11 is 13.7. The van der Waals surface area contributed by atoms with E-state index >= 15 is 0 Å². The molecule has 0 saturated heterocycles. The van der Waals surface area contributed by atoms with Gasteiger partial charge in [-0.25, -0.2) is 0 Å². The van der Waals surface area contributed by atoms with Crippen molar-refractivity contribution in [2.45, 2.75) is 20.3 Å². The van der Waals surface area contributed by atoms with Crippen LogP contribution in [-0.2, 0) is 0 Å². The van der Waals surface area contributed by atoms with Crippen molar-refractivity contribution < 1.29 is 0 Å². The highest BCUT2D eigenvalue weighted by Gasteiger charge is 2.16. The molecule has 0 radical (unpaired) electrons. The van der Waals surface area contributed by atoms with Gasteiger partial charge in [0, 0.05) is 9.65 Å². The van der Waals surface area contributed by atoms with Gasteiger partial charge in [0.05, 0.1) is 3.74 Å². The van der Waals surface area contributed by atoms with Crippen molar-refractivity contribution in [1.29, 1.82) is 0 Å². The first-order valence-electron chi connectivity index (χ1n) is 2.12. The van der Waals surface area contributed by atoms with E-state index in [-0.39, 0.29) is 0 Å². The van der Waals surface area contributed by atoms with Crippen molar-refractivity contribution >= 4 is 63.7 Å². The van der Waals surface area contributed by atoms with Crippen LogP contribution in [0.3, 0.4) is 0 Å². The van der Waals surface area contributed by atoms with Gasteiger partial charge in [0.15, 0.2) is 0 Å². The molecular weight excluding hydrogens is 368 g/mol. The molecule has 0 spiro atoms. The summed E-state index contributed by atoms with van der Waals surface area (Å²) in [4.78, 5) is 0.911. The van der Waals surface area contributed by atoms with E-state index in [1.54, 1.807) is 0 Å². The smallest absolute Gasteiger partial charge is 0.0833 e. The second-order valence-electron chi connectivity index (χ2n) is 1.46. The zero-order chi connectivity index (χ0) is 6.73. The summed E-state index contributed by atoms with van der Waals surface area (Å²) < 4.78 is 0.337. The molecule has 0 aliphatic carbocycles. The molecule has 2 atom stereocenters. The average molecular weight is 374 g/mol. The lowest BCUT2D eigenvalue weighted by Crippen LogP contribution is -2.16. The SMILES string of the molecule is CC(Br)C(Br)C(Br)Br. The molecule has 0 bridgehead atoms. The van der Waals surface area contributed by atoms with E-state index in [2.05, 4.69) is 70.6 Å². The van der Waals surface area contributed by atoms with Gasteiger partial charge in [-0.1, -0.05) is 70.6 Å². The Morgan fingerprint density at radius 1 is 1.00 bits per heavy atom. The molecular formula is C4H6Br4. The first-order chi connectivity index (χ1) is 3.55. The lowest BCUT2D eigenvalue weighted by molar-refractivity contribution is 0.956. The number of rotatable bonds is 2. The molecule has 8 heavy (non-hydrogen) atoms. The highest BCUT2D eigenvalue weighted by Crippen LogP contribution is 2.26. The van der Waals surface area contributed by atoms with Crippen LogP contribution in [0.5, 0.6) is 0 Å². The molecule has 2 unspecified atom stereocenters. The number of hydrogen-bond acceptors (Lipinski definition) is 0. The minimum Gasteiger partial charge on any atom is -0.0881 e. The van der Waals surface area contributed by atoms with E-state index in [4.69, 9.17) is 0 Å². The van der Waals surface area contributed by atoms with Gasteiger partial charge in [0.25, 0.3) is 0 Å². The van der Waals surface area contributed by atoms with Gasteiger partial charge in [-0.05, 0) is 0 Å². The summed E-state index contributed by atoms with van der Waals surface area (Å²) in [5.74, 6) is 0. The molecule has 0 aromatic carbocycles. The Balaban J connectivity index is 3.46. The Bertz CT molecular complexity index is 53.1. The maximum absolute atomic E-state index is 3.47. The van der Waals surface area contributed by atoms with Crippen LogP contribution >= 0.6 is 63.7 Å². The van der Waals surface area contributed by atoms with Crippen LogP contribution in [0.15, 0.2) is 0 Å². The predicted octanol–water partition coefficient (Wildman–Crippen LogP) is 3.65. The quantitative estimate of drug-likeness (QED) is 0.648. The third-order valence-electron chi connectivity index (χ3n) is 0.680. The molecule has 0 nitrogen and oxygen atoms in total. The average Bonchev–Trinajstić information content (AvgIpc) is 1.64. The van der Waals surface area contributed by atoms with Crippen molar-refractivity contribution in [2.24, 2.45) is 0 Å². The first-order valence-corrected chi connectivity index (χ1v) is 5.78. The van der Waals surface area contributed by atoms with Crippen molar-refractivity contribution in [3.8, 4) is 0 Å². The molecule has 0 heterocycles. The van der Waals surface area contributed by atoms with Gasteiger partial charge in [0.2, 0.25) is 0 Å². The fourth-order valence-electron chi connectivity index (χ4n) is 0.200. The van der Waals surface area contributed by atoms with Gasteiger partial charge in [-0.2, -0.15) is 0 Å². The van der Waals surface area contributed by atoms with Crippen molar-refractivity contribution in [1.82, 2.24) is 0 Å². The summed E-state index contributed by atoms with van der Waals surface area (Å²) in [6.45, 7) is 2.09. The standard InChI is InChI=1S/C4H6Br4/c1-2(5)3(6)4(7)8/h2-4H,1H3. The molecule has 0 aliphatic rings. The molecule has 4 heteroatoms. The van der Waals surface area contributed by atoms with Crippen molar-refractivity contribution in [3.63, 3.8) is 0 Å². The molecule has 0 saturated carbocycles. The van der Waals surface area contributed by atoms with E-state index in [0.717, 1.165) is 0 Å². The summed E-state index contributed by atoms with van der Waals surface area (Å²) in [6, 6.07) is 0. The lowest BCUT2D eigenvalue weighted by Gasteiger charge is -2.12. The molecule has 0 aliphatic heterocycles. The lowest BCUT2D eigenvalue weighted by atomic mass is 10.4. The molecule has 0 amide bonds. The molecule has 0 aromatic rings. The Morgan fingerprint density at radius 3 is 1.38 bits per heavy atom. The summed E-state index contributed by atoms with van der Waals surface area (Å²) in [6.07, 6.45) is 0. The van der Waals surface area contributed by atoms with Crippen molar-refractivity contribution in [2.75, 3.05) is 0 Å². The topological polar surface area (TPSA) is 0 Å². The van der Waals surface area contributed by atoms with Crippen LogP contribution in [0, 0.1) is 0 Å². The minimum absolute atomic E-state index is 0.337. The number of alkyl halides is 4.